The first-order chi connectivity index (χ1) is 7.59. The van der Waals surface area contributed by atoms with Gasteiger partial charge in [-0.25, -0.2) is 8.78 Å². The predicted octanol–water partition coefficient (Wildman–Crippen LogP) is 3.01. The number of rotatable bonds is 2. The summed E-state index contributed by atoms with van der Waals surface area (Å²) in [6.45, 7) is 0. The second-order valence-electron chi connectivity index (χ2n) is 3.82. The monoisotopic (exact) mass is 289 g/mol. The molecule has 0 bridgehead atoms. The van der Waals surface area contributed by atoms with Gasteiger partial charge in [0.1, 0.15) is 11.6 Å². The number of amides is 1. The van der Waals surface area contributed by atoms with E-state index in [2.05, 4.69) is 21.2 Å². The lowest BCUT2D eigenvalue weighted by Gasteiger charge is -2.26. The first-order valence-corrected chi connectivity index (χ1v) is 5.83. The Morgan fingerprint density at radius 2 is 1.94 bits per heavy atom. The molecule has 1 amide bonds. The van der Waals surface area contributed by atoms with Crippen molar-refractivity contribution in [1.82, 2.24) is 5.32 Å². The number of benzene rings is 1. The molecule has 0 saturated heterocycles. The lowest BCUT2D eigenvalue weighted by Crippen LogP contribution is -2.40. The van der Waals surface area contributed by atoms with Crippen LogP contribution in [0.1, 0.15) is 29.6 Å². The number of halogens is 3. The molecule has 0 aliphatic heterocycles. The molecular weight excluding hydrogens is 280 g/mol. The van der Waals surface area contributed by atoms with Gasteiger partial charge >= 0.3 is 0 Å². The van der Waals surface area contributed by atoms with Crippen molar-refractivity contribution < 1.29 is 13.6 Å². The predicted molar refractivity (Wildman–Crippen MR) is 59.2 cm³/mol. The van der Waals surface area contributed by atoms with Gasteiger partial charge in [-0.15, -0.1) is 0 Å². The van der Waals surface area contributed by atoms with Crippen LogP contribution in [0.4, 0.5) is 8.78 Å². The van der Waals surface area contributed by atoms with E-state index in [4.69, 9.17) is 0 Å². The third kappa shape index (κ3) is 2.09. The van der Waals surface area contributed by atoms with Crippen molar-refractivity contribution in [2.75, 3.05) is 0 Å². The van der Waals surface area contributed by atoms with Crippen molar-refractivity contribution in [1.29, 1.82) is 0 Å². The quantitative estimate of drug-likeness (QED) is 0.833. The molecule has 0 atom stereocenters. The van der Waals surface area contributed by atoms with Crippen LogP contribution in [0.5, 0.6) is 0 Å². The molecule has 1 aliphatic rings. The Labute approximate surface area is 100 Å². The third-order valence-corrected chi connectivity index (χ3v) is 3.49. The van der Waals surface area contributed by atoms with E-state index in [1.165, 1.54) is 0 Å². The van der Waals surface area contributed by atoms with Crippen molar-refractivity contribution in [2.24, 2.45) is 0 Å². The van der Waals surface area contributed by atoms with Gasteiger partial charge in [0, 0.05) is 6.04 Å². The van der Waals surface area contributed by atoms with Crippen molar-refractivity contribution in [2.45, 2.75) is 25.3 Å². The average Bonchev–Trinajstić information content (AvgIpc) is 2.18. The summed E-state index contributed by atoms with van der Waals surface area (Å²) in [5.74, 6) is -1.92. The van der Waals surface area contributed by atoms with Gasteiger partial charge in [-0.05, 0) is 47.3 Å². The van der Waals surface area contributed by atoms with Gasteiger partial charge in [0.25, 0.3) is 5.91 Å². The van der Waals surface area contributed by atoms with Crippen LogP contribution in [0, 0.1) is 11.6 Å². The SMILES string of the molecule is O=C(NC1CCC1)c1c(F)ccc(F)c1Br. The van der Waals surface area contributed by atoms with Crippen LogP contribution < -0.4 is 5.32 Å². The zero-order chi connectivity index (χ0) is 11.7. The maximum atomic E-state index is 13.4. The molecule has 0 spiro atoms. The Kier molecular flexibility index (Phi) is 3.23. The fourth-order valence-corrected chi connectivity index (χ4v) is 2.05. The van der Waals surface area contributed by atoms with E-state index in [1.54, 1.807) is 0 Å². The van der Waals surface area contributed by atoms with E-state index < -0.39 is 17.5 Å². The number of hydrogen-bond acceptors (Lipinski definition) is 1. The van der Waals surface area contributed by atoms with E-state index in [0.29, 0.717) is 0 Å². The largest absolute Gasteiger partial charge is 0.349 e. The molecule has 1 N–H and O–H groups in total. The molecule has 1 saturated carbocycles. The summed E-state index contributed by atoms with van der Waals surface area (Å²) < 4.78 is 26.4. The molecule has 1 aromatic carbocycles. The Hall–Kier alpha value is -0.970. The van der Waals surface area contributed by atoms with Crippen LogP contribution in [-0.2, 0) is 0 Å². The van der Waals surface area contributed by atoms with Crippen LogP contribution in [0.2, 0.25) is 0 Å². The fourth-order valence-electron chi connectivity index (χ4n) is 1.55. The molecule has 1 aromatic rings. The van der Waals surface area contributed by atoms with Crippen molar-refractivity contribution >= 4 is 21.8 Å². The maximum absolute atomic E-state index is 13.4. The molecule has 0 heterocycles. The van der Waals surface area contributed by atoms with Gasteiger partial charge in [-0.3, -0.25) is 4.79 Å². The summed E-state index contributed by atoms with van der Waals surface area (Å²) in [7, 11) is 0. The fraction of sp³-hybridized carbons (Fsp3) is 0.364. The van der Waals surface area contributed by atoms with Gasteiger partial charge < -0.3 is 5.32 Å². The molecule has 0 aromatic heterocycles. The minimum absolute atomic E-state index is 0.0991. The standard InChI is InChI=1S/C11H10BrF2NO/c12-10-8(14)5-4-7(13)9(10)11(16)15-6-2-1-3-6/h4-6H,1-3H2,(H,15,16). The van der Waals surface area contributed by atoms with Gasteiger partial charge in [0.2, 0.25) is 0 Å². The van der Waals surface area contributed by atoms with Crippen LogP contribution in [-0.4, -0.2) is 11.9 Å². The summed E-state index contributed by atoms with van der Waals surface area (Å²) in [5, 5.41) is 2.67. The summed E-state index contributed by atoms with van der Waals surface area (Å²) in [6.07, 6.45) is 2.87. The number of hydrogen-bond donors (Lipinski definition) is 1. The van der Waals surface area contributed by atoms with Crippen LogP contribution in [0.15, 0.2) is 16.6 Å². The van der Waals surface area contributed by atoms with Crippen LogP contribution >= 0.6 is 15.9 Å². The summed E-state index contributed by atoms with van der Waals surface area (Å²) >= 11 is 2.89. The lowest BCUT2D eigenvalue weighted by molar-refractivity contribution is 0.0911. The van der Waals surface area contributed by atoms with E-state index in [-0.39, 0.29) is 16.1 Å². The molecule has 2 nitrogen and oxygen atoms in total. The molecule has 2 rings (SSSR count). The average molecular weight is 290 g/mol. The summed E-state index contributed by atoms with van der Waals surface area (Å²) in [5.41, 5.74) is -0.257. The van der Waals surface area contributed by atoms with E-state index >= 15 is 0 Å². The molecule has 0 unspecified atom stereocenters. The molecule has 1 aliphatic carbocycles. The number of carbonyl (C=O) groups is 1. The first kappa shape index (κ1) is 11.5. The highest BCUT2D eigenvalue weighted by atomic mass is 79.9. The Balaban J connectivity index is 2.24. The van der Waals surface area contributed by atoms with Crippen molar-refractivity contribution in [3.05, 3.63) is 33.8 Å². The van der Waals surface area contributed by atoms with Crippen molar-refractivity contribution in [3.63, 3.8) is 0 Å². The van der Waals surface area contributed by atoms with Crippen LogP contribution in [0.25, 0.3) is 0 Å². The second-order valence-corrected chi connectivity index (χ2v) is 4.61. The highest BCUT2D eigenvalue weighted by Crippen LogP contribution is 2.25. The molecule has 0 radical (unpaired) electrons. The lowest BCUT2D eigenvalue weighted by atomic mass is 9.93. The highest BCUT2D eigenvalue weighted by Gasteiger charge is 2.24. The van der Waals surface area contributed by atoms with Gasteiger partial charge in [-0.2, -0.15) is 0 Å². The second kappa shape index (κ2) is 4.49. The summed E-state index contributed by atoms with van der Waals surface area (Å²) in [6, 6.07) is 2.04. The zero-order valence-corrected chi connectivity index (χ0v) is 9.98. The normalized spacial score (nSPS) is 15.7. The Bertz CT molecular complexity index is 432. The van der Waals surface area contributed by atoms with Crippen molar-refractivity contribution in [3.8, 4) is 0 Å². The van der Waals surface area contributed by atoms with Gasteiger partial charge in [0.15, 0.2) is 0 Å². The van der Waals surface area contributed by atoms with E-state index in [9.17, 15) is 13.6 Å². The Morgan fingerprint density at radius 1 is 1.31 bits per heavy atom. The third-order valence-electron chi connectivity index (χ3n) is 2.71. The molecule has 1 fully saturated rings. The molecule has 16 heavy (non-hydrogen) atoms. The molecular formula is C11H10BrF2NO. The minimum atomic E-state index is -0.718. The van der Waals surface area contributed by atoms with E-state index in [1.807, 2.05) is 0 Å². The maximum Gasteiger partial charge on any atom is 0.255 e. The van der Waals surface area contributed by atoms with Gasteiger partial charge in [-0.1, -0.05) is 0 Å². The van der Waals surface area contributed by atoms with E-state index in [0.717, 1.165) is 31.4 Å². The number of carbonyl (C=O) groups excluding carboxylic acids is 1. The number of nitrogens with one attached hydrogen (secondary N) is 1. The van der Waals surface area contributed by atoms with Crippen LogP contribution in [0.3, 0.4) is 0 Å². The van der Waals surface area contributed by atoms with Gasteiger partial charge in [0.05, 0.1) is 10.0 Å². The first-order valence-electron chi connectivity index (χ1n) is 5.04. The minimum Gasteiger partial charge on any atom is -0.349 e. The Morgan fingerprint density at radius 3 is 2.50 bits per heavy atom. The smallest absolute Gasteiger partial charge is 0.255 e. The highest BCUT2D eigenvalue weighted by molar-refractivity contribution is 9.10. The zero-order valence-electron chi connectivity index (χ0n) is 8.40. The topological polar surface area (TPSA) is 29.1 Å². The molecule has 5 heteroatoms. The molecule has 86 valence electrons. The summed E-state index contributed by atoms with van der Waals surface area (Å²) in [4.78, 5) is 11.7.